The molecular weight excluding hydrogens is 248 g/mol. The van der Waals surface area contributed by atoms with Gasteiger partial charge in [-0.3, -0.25) is 0 Å². The van der Waals surface area contributed by atoms with E-state index in [1.54, 1.807) is 18.2 Å². The number of hydrogen-bond donors (Lipinski definition) is 3. The number of carbonyl (C=O) groups is 1. The number of rotatable bonds is 3. The molecule has 0 bridgehead atoms. The van der Waals surface area contributed by atoms with E-state index in [1.807, 2.05) is 30.3 Å². The largest absolute Gasteiger partial charge is 0.479 e. The second-order valence-electron chi connectivity index (χ2n) is 3.88. The molecule has 2 aromatic carbocycles. The quantitative estimate of drug-likeness (QED) is 0.744. The Morgan fingerprint density at radius 3 is 2.28 bits per heavy atom. The fraction of sp³-hybridized carbons (Fsp3) is 0.0714. The van der Waals surface area contributed by atoms with Gasteiger partial charge in [0.2, 0.25) is 0 Å². The lowest BCUT2D eigenvalue weighted by molar-refractivity contribution is -0.147. The van der Waals surface area contributed by atoms with Gasteiger partial charge in [0, 0.05) is 10.5 Å². The lowest BCUT2D eigenvalue weighted by Gasteiger charge is -2.10. The number of benzene rings is 2. The third-order valence-corrected chi connectivity index (χ3v) is 3.05. The van der Waals surface area contributed by atoms with Crippen molar-refractivity contribution >= 4 is 18.6 Å². The van der Waals surface area contributed by atoms with Crippen molar-refractivity contribution in [2.75, 3.05) is 0 Å². The molecule has 92 valence electrons. The molecule has 2 N–H and O–H groups in total. The van der Waals surface area contributed by atoms with Gasteiger partial charge in [-0.05, 0) is 17.2 Å². The maximum atomic E-state index is 10.7. The Hall–Kier alpha value is -1.78. The van der Waals surface area contributed by atoms with Gasteiger partial charge < -0.3 is 10.2 Å². The van der Waals surface area contributed by atoms with Crippen LogP contribution in [-0.4, -0.2) is 16.2 Å². The van der Waals surface area contributed by atoms with Crippen LogP contribution in [0.5, 0.6) is 0 Å². The minimum absolute atomic E-state index is 0.297. The molecule has 0 aromatic heterocycles. The van der Waals surface area contributed by atoms with Crippen molar-refractivity contribution in [2.45, 2.75) is 11.0 Å². The SMILES string of the molecule is O=C(O)C(O)c1ccc(-c2ccccc2)cc1S. The van der Waals surface area contributed by atoms with Crippen molar-refractivity contribution in [3.05, 3.63) is 54.1 Å². The van der Waals surface area contributed by atoms with Crippen LogP contribution in [-0.2, 0) is 4.79 Å². The molecule has 18 heavy (non-hydrogen) atoms. The lowest BCUT2D eigenvalue weighted by atomic mass is 10.0. The number of carboxylic acids is 1. The second kappa shape index (κ2) is 5.25. The van der Waals surface area contributed by atoms with Gasteiger partial charge in [-0.25, -0.2) is 4.79 Å². The first-order valence-electron chi connectivity index (χ1n) is 5.39. The first-order valence-corrected chi connectivity index (χ1v) is 5.83. The fourth-order valence-corrected chi connectivity index (χ4v) is 2.05. The Kier molecular flexibility index (Phi) is 3.69. The van der Waals surface area contributed by atoms with Crippen molar-refractivity contribution in [1.29, 1.82) is 0 Å². The third-order valence-electron chi connectivity index (χ3n) is 2.67. The highest BCUT2D eigenvalue weighted by Gasteiger charge is 2.18. The number of hydrogen-bond acceptors (Lipinski definition) is 3. The first-order chi connectivity index (χ1) is 8.59. The lowest BCUT2D eigenvalue weighted by Crippen LogP contribution is -2.11. The average molecular weight is 260 g/mol. The van der Waals surface area contributed by atoms with Crippen molar-refractivity contribution in [3.63, 3.8) is 0 Å². The number of aliphatic carboxylic acids is 1. The highest BCUT2D eigenvalue weighted by Crippen LogP contribution is 2.28. The van der Waals surface area contributed by atoms with Gasteiger partial charge in [0.1, 0.15) is 0 Å². The monoisotopic (exact) mass is 260 g/mol. The van der Waals surface area contributed by atoms with Crippen LogP contribution in [0.1, 0.15) is 11.7 Å². The summed E-state index contributed by atoms with van der Waals surface area (Å²) in [7, 11) is 0. The van der Waals surface area contributed by atoms with Crippen molar-refractivity contribution < 1.29 is 15.0 Å². The Morgan fingerprint density at radius 1 is 1.06 bits per heavy atom. The second-order valence-corrected chi connectivity index (χ2v) is 4.36. The van der Waals surface area contributed by atoms with Crippen LogP contribution in [0.4, 0.5) is 0 Å². The molecule has 3 nitrogen and oxygen atoms in total. The average Bonchev–Trinajstić information content (AvgIpc) is 2.38. The highest BCUT2D eigenvalue weighted by molar-refractivity contribution is 7.80. The molecule has 0 spiro atoms. The van der Waals surface area contributed by atoms with E-state index in [0.717, 1.165) is 11.1 Å². The summed E-state index contributed by atoms with van der Waals surface area (Å²) in [6.45, 7) is 0. The summed E-state index contributed by atoms with van der Waals surface area (Å²) in [4.78, 5) is 11.2. The number of aliphatic hydroxyl groups is 1. The summed E-state index contributed by atoms with van der Waals surface area (Å²) in [6.07, 6.45) is -1.54. The molecule has 4 heteroatoms. The predicted octanol–water partition coefficient (Wildman–Crippen LogP) is 2.76. The van der Waals surface area contributed by atoms with Crippen LogP contribution in [0.3, 0.4) is 0 Å². The van der Waals surface area contributed by atoms with E-state index in [9.17, 15) is 9.90 Å². The zero-order valence-electron chi connectivity index (χ0n) is 9.45. The maximum absolute atomic E-state index is 10.7. The normalized spacial score (nSPS) is 12.1. The molecule has 1 atom stereocenters. The molecule has 2 aromatic rings. The number of carboxylic acid groups (broad SMARTS) is 1. The summed E-state index contributed by atoms with van der Waals surface area (Å²) >= 11 is 4.23. The molecule has 0 aliphatic rings. The zero-order valence-corrected chi connectivity index (χ0v) is 10.3. The van der Waals surface area contributed by atoms with Gasteiger partial charge in [-0.1, -0.05) is 42.5 Å². The van der Waals surface area contributed by atoms with Gasteiger partial charge in [-0.2, -0.15) is 0 Å². The van der Waals surface area contributed by atoms with E-state index in [-0.39, 0.29) is 0 Å². The molecule has 0 radical (unpaired) electrons. The molecule has 0 fully saturated rings. The van der Waals surface area contributed by atoms with Gasteiger partial charge >= 0.3 is 5.97 Å². The van der Waals surface area contributed by atoms with Gasteiger partial charge in [0.15, 0.2) is 6.10 Å². The topological polar surface area (TPSA) is 57.5 Å². The van der Waals surface area contributed by atoms with E-state index in [1.165, 1.54) is 0 Å². The molecule has 0 saturated heterocycles. The Balaban J connectivity index is 2.40. The van der Waals surface area contributed by atoms with Crippen LogP contribution in [0.2, 0.25) is 0 Å². The predicted molar refractivity (Wildman–Crippen MR) is 71.7 cm³/mol. The highest BCUT2D eigenvalue weighted by atomic mass is 32.1. The van der Waals surface area contributed by atoms with Gasteiger partial charge in [0.05, 0.1) is 0 Å². The fourth-order valence-electron chi connectivity index (χ4n) is 1.72. The smallest absolute Gasteiger partial charge is 0.337 e. The summed E-state index contributed by atoms with van der Waals surface area (Å²) in [5.74, 6) is -1.28. The van der Waals surface area contributed by atoms with Crippen molar-refractivity contribution in [2.24, 2.45) is 0 Å². The molecule has 0 saturated carbocycles. The van der Waals surface area contributed by atoms with Crippen molar-refractivity contribution in [3.8, 4) is 11.1 Å². The Morgan fingerprint density at radius 2 is 1.72 bits per heavy atom. The Bertz CT molecular complexity index is 567. The summed E-state index contributed by atoms with van der Waals surface area (Å²) in [5.41, 5.74) is 2.25. The van der Waals surface area contributed by atoms with E-state index >= 15 is 0 Å². The minimum atomic E-state index is -1.54. The van der Waals surface area contributed by atoms with E-state index in [0.29, 0.717) is 10.5 Å². The minimum Gasteiger partial charge on any atom is -0.479 e. The molecule has 0 heterocycles. The van der Waals surface area contributed by atoms with Crippen molar-refractivity contribution in [1.82, 2.24) is 0 Å². The third kappa shape index (κ3) is 2.55. The van der Waals surface area contributed by atoms with E-state index in [4.69, 9.17) is 5.11 Å². The van der Waals surface area contributed by atoms with E-state index in [2.05, 4.69) is 12.6 Å². The molecule has 1 unspecified atom stereocenters. The molecule has 2 rings (SSSR count). The van der Waals surface area contributed by atoms with Crippen LogP contribution in [0, 0.1) is 0 Å². The molecule has 0 amide bonds. The van der Waals surface area contributed by atoms with Crippen LogP contribution >= 0.6 is 12.6 Å². The molecule has 0 aliphatic heterocycles. The zero-order chi connectivity index (χ0) is 13.1. The summed E-state index contributed by atoms with van der Waals surface area (Å²) < 4.78 is 0. The summed E-state index contributed by atoms with van der Waals surface area (Å²) in [5, 5.41) is 18.3. The molecule has 0 aliphatic carbocycles. The van der Waals surface area contributed by atoms with Gasteiger partial charge in [-0.15, -0.1) is 12.6 Å². The number of thiol groups is 1. The van der Waals surface area contributed by atoms with Gasteiger partial charge in [0.25, 0.3) is 0 Å². The first kappa shape index (κ1) is 12.7. The standard InChI is InChI=1S/C14H12O3S/c15-13(14(16)17)11-7-6-10(8-12(11)18)9-4-2-1-3-5-9/h1-8,13,15,18H,(H,16,17). The molecular formula is C14H12O3S. The van der Waals surface area contributed by atoms with E-state index < -0.39 is 12.1 Å². The van der Waals surface area contributed by atoms with Crippen LogP contribution < -0.4 is 0 Å². The van der Waals surface area contributed by atoms with Crippen LogP contribution in [0.15, 0.2) is 53.4 Å². The Labute approximate surface area is 110 Å². The summed E-state index contributed by atoms with van der Waals surface area (Å²) in [6, 6.07) is 14.8. The number of aliphatic hydroxyl groups excluding tert-OH is 1. The van der Waals surface area contributed by atoms with Crippen LogP contribution in [0.25, 0.3) is 11.1 Å². The maximum Gasteiger partial charge on any atom is 0.337 e.